The monoisotopic (exact) mass is 242 g/mol. The lowest BCUT2D eigenvalue weighted by Crippen LogP contribution is -2.29. The van der Waals surface area contributed by atoms with Gasteiger partial charge in [-0.25, -0.2) is 5.48 Å². The highest BCUT2D eigenvalue weighted by molar-refractivity contribution is 5.74. The highest BCUT2D eigenvalue weighted by Gasteiger charge is 2.13. The number of carbonyl (C=O) groups excluding carboxylic acids is 1. The number of carbonyl (C=O) groups is 1. The second kappa shape index (κ2) is 5.94. The Morgan fingerprint density at radius 3 is 2.94 bits per heavy atom. The van der Waals surface area contributed by atoms with Gasteiger partial charge in [-0.05, 0) is 10.8 Å². The molecule has 0 saturated carbocycles. The summed E-state index contributed by atoms with van der Waals surface area (Å²) >= 11 is 0. The smallest absolute Gasteiger partial charge is 0.358 e. The molecule has 0 aliphatic rings. The van der Waals surface area contributed by atoms with Crippen molar-refractivity contribution in [3.8, 4) is 0 Å². The minimum Gasteiger partial charge on any atom is -0.358 e. The Balaban J connectivity index is 2.37. The minimum atomic E-state index is -0.621. The van der Waals surface area contributed by atoms with Crippen LogP contribution in [-0.2, 0) is 16.2 Å². The molecule has 1 rings (SSSR count). The van der Waals surface area contributed by atoms with E-state index in [2.05, 4.69) is 10.6 Å². The molecule has 1 aromatic rings. The molecule has 0 bridgehead atoms. The average molecular weight is 242 g/mol. The largest absolute Gasteiger partial charge is 0.389 e. The quantitative estimate of drug-likeness (QED) is 0.578. The van der Waals surface area contributed by atoms with Gasteiger partial charge in [0.15, 0.2) is 0 Å². The van der Waals surface area contributed by atoms with Gasteiger partial charge in [-0.15, -0.1) is 0 Å². The number of nitrogens with one attached hydrogen (secondary N) is 1. The second-order valence-electron chi connectivity index (χ2n) is 3.86. The summed E-state index contributed by atoms with van der Waals surface area (Å²) in [6.45, 7) is 4.18. The van der Waals surface area contributed by atoms with Gasteiger partial charge in [-0.1, -0.05) is 13.8 Å². The zero-order valence-corrected chi connectivity index (χ0v) is 9.62. The molecule has 1 N–H and O–H groups in total. The molecular weight excluding hydrogens is 228 g/mol. The Labute approximate surface area is 97.7 Å². The number of hydroxylamine groups is 1. The molecule has 8 heteroatoms. The van der Waals surface area contributed by atoms with E-state index in [1.807, 2.05) is 13.8 Å². The van der Waals surface area contributed by atoms with E-state index >= 15 is 0 Å². The molecular formula is C9H14N4O4. The standard InChI is InChI=1S/C9H14N4O4/c1-7(2)6-17-11-9(14)5-12-4-3-8(10-12)13(15)16/h3-4,7H,5-6H2,1-2H3,(H,11,14). The number of rotatable bonds is 6. The third-order valence-electron chi connectivity index (χ3n) is 1.72. The predicted octanol–water partition coefficient (Wildman–Crippen LogP) is 0.495. The second-order valence-corrected chi connectivity index (χ2v) is 3.86. The van der Waals surface area contributed by atoms with Crippen molar-refractivity contribution in [3.63, 3.8) is 0 Å². The summed E-state index contributed by atoms with van der Waals surface area (Å²) in [5, 5.41) is 13.9. The third kappa shape index (κ3) is 4.60. The maximum atomic E-state index is 11.3. The molecule has 0 aliphatic heterocycles. The average Bonchev–Trinajstić information content (AvgIpc) is 2.65. The first-order chi connectivity index (χ1) is 7.99. The Kier molecular flexibility index (Phi) is 4.58. The number of nitro groups is 1. The van der Waals surface area contributed by atoms with Crippen LogP contribution in [0.3, 0.4) is 0 Å². The van der Waals surface area contributed by atoms with Gasteiger partial charge in [-0.3, -0.25) is 9.63 Å². The van der Waals surface area contributed by atoms with Gasteiger partial charge < -0.3 is 10.1 Å². The third-order valence-corrected chi connectivity index (χ3v) is 1.72. The Bertz CT molecular complexity index is 401. The zero-order chi connectivity index (χ0) is 12.8. The number of amides is 1. The fourth-order valence-corrected chi connectivity index (χ4v) is 1.00. The van der Waals surface area contributed by atoms with Gasteiger partial charge in [0, 0.05) is 0 Å². The van der Waals surface area contributed by atoms with Crippen LogP contribution in [0, 0.1) is 16.0 Å². The molecule has 0 spiro atoms. The van der Waals surface area contributed by atoms with Crippen LogP contribution in [0.4, 0.5) is 5.82 Å². The summed E-state index contributed by atoms with van der Waals surface area (Å²) in [5.41, 5.74) is 2.23. The maximum Gasteiger partial charge on any atom is 0.389 e. The lowest BCUT2D eigenvalue weighted by atomic mass is 10.2. The van der Waals surface area contributed by atoms with Crippen LogP contribution in [0.15, 0.2) is 12.3 Å². The van der Waals surface area contributed by atoms with E-state index in [0.717, 1.165) is 0 Å². The van der Waals surface area contributed by atoms with Crippen molar-refractivity contribution in [1.29, 1.82) is 0 Å². The summed E-state index contributed by atoms with van der Waals surface area (Å²) in [7, 11) is 0. The van der Waals surface area contributed by atoms with Crippen molar-refractivity contribution in [2.24, 2.45) is 5.92 Å². The maximum absolute atomic E-state index is 11.3. The molecule has 1 amide bonds. The Morgan fingerprint density at radius 2 is 2.41 bits per heavy atom. The van der Waals surface area contributed by atoms with Crippen LogP contribution >= 0.6 is 0 Å². The molecule has 17 heavy (non-hydrogen) atoms. The van der Waals surface area contributed by atoms with Gasteiger partial charge in [-0.2, -0.15) is 4.68 Å². The highest BCUT2D eigenvalue weighted by Crippen LogP contribution is 2.04. The molecule has 0 aliphatic carbocycles. The summed E-state index contributed by atoms with van der Waals surface area (Å²) in [5.74, 6) is -0.398. The van der Waals surface area contributed by atoms with Crippen LogP contribution < -0.4 is 5.48 Å². The highest BCUT2D eigenvalue weighted by atomic mass is 16.7. The number of hydrogen-bond acceptors (Lipinski definition) is 5. The van der Waals surface area contributed by atoms with Crippen LogP contribution in [0.1, 0.15) is 13.8 Å². The summed E-state index contributed by atoms with van der Waals surface area (Å²) in [6.07, 6.45) is 1.36. The lowest BCUT2D eigenvalue weighted by molar-refractivity contribution is -0.389. The van der Waals surface area contributed by atoms with E-state index < -0.39 is 10.8 Å². The first-order valence-corrected chi connectivity index (χ1v) is 5.07. The van der Waals surface area contributed by atoms with E-state index in [1.165, 1.54) is 16.9 Å². The first-order valence-electron chi connectivity index (χ1n) is 5.07. The van der Waals surface area contributed by atoms with Crippen molar-refractivity contribution in [2.75, 3.05) is 6.61 Å². The minimum absolute atomic E-state index is 0.119. The van der Waals surface area contributed by atoms with Crippen LogP contribution in [0.25, 0.3) is 0 Å². The zero-order valence-electron chi connectivity index (χ0n) is 9.62. The van der Waals surface area contributed by atoms with Crippen molar-refractivity contribution in [1.82, 2.24) is 15.3 Å². The van der Waals surface area contributed by atoms with Gasteiger partial charge in [0.05, 0.1) is 24.0 Å². The topological polar surface area (TPSA) is 99.3 Å². The van der Waals surface area contributed by atoms with Crippen LogP contribution in [0.2, 0.25) is 0 Å². The molecule has 0 radical (unpaired) electrons. The van der Waals surface area contributed by atoms with Crippen molar-refractivity contribution < 1.29 is 14.6 Å². The van der Waals surface area contributed by atoms with Crippen molar-refractivity contribution in [2.45, 2.75) is 20.4 Å². The van der Waals surface area contributed by atoms with E-state index in [-0.39, 0.29) is 12.4 Å². The number of nitrogens with zero attached hydrogens (tertiary/aromatic N) is 3. The fourth-order valence-electron chi connectivity index (χ4n) is 1.00. The van der Waals surface area contributed by atoms with Crippen LogP contribution in [0.5, 0.6) is 0 Å². The summed E-state index contributed by atoms with van der Waals surface area (Å²) in [6, 6.07) is 1.22. The molecule has 0 atom stereocenters. The predicted molar refractivity (Wildman–Crippen MR) is 57.8 cm³/mol. The van der Waals surface area contributed by atoms with Gasteiger partial charge >= 0.3 is 5.82 Å². The lowest BCUT2D eigenvalue weighted by Gasteiger charge is -2.06. The normalized spacial score (nSPS) is 10.5. The number of aromatic nitrogens is 2. The summed E-state index contributed by atoms with van der Waals surface area (Å²) < 4.78 is 1.17. The molecule has 8 nitrogen and oxygen atoms in total. The Hall–Kier alpha value is -1.96. The molecule has 0 fully saturated rings. The van der Waals surface area contributed by atoms with Gasteiger partial charge in [0.2, 0.25) is 0 Å². The molecule has 0 saturated heterocycles. The van der Waals surface area contributed by atoms with Crippen molar-refractivity contribution >= 4 is 11.7 Å². The Morgan fingerprint density at radius 1 is 1.71 bits per heavy atom. The first kappa shape index (κ1) is 13.1. The van der Waals surface area contributed by atoms with E-state index in [9.17, 15) is 14.9 Å². The van der Waals surface area contributed by atoms with Crippen LogP contribution in [-0.4, -0.2) is 27.2 Å². The number of hydrogen-bond donors (Lipinski definition) is 1. The molecule has 0 unspecified atom stereocenters. The van der Waals surface area contributed by atoms with E-state index in [0.29, 0.717) is 12.5 Å². The SMILES string of the molecule is CC(C)CONC(=O)Cn1ccc([N+](=O)[O-])n1. The summed E-state index contributed by atoms with van der Waals surface area (Å²) in [4.78, 5) is 25.9. The van der Waals surface area contributed by atoms with Gasteiger partial charge in [0.25, 0.3) is 5.91 Å². The molecule has 0 aromatic carbocycles. The molecule has 94 valence electrons. The van der Waals surface area contributed by atoms with E-state index in [4.69, 9.17) is 4.84 Å². The fraction of sp³-hybridized carbons (Fsp3) is 0.556. The molecule has 1 aromatic heterocycles. The van der Waals surface area contributed by atoms with E-state index in [1.54, 1.807) is 0 Å². The van der Waals surface area contributed by atoms with Gasteiger partial charge in [0.1, 0.15) is 6.54 Å². The van der Waals surface area contributed by atoms with Crippen molar-refractivity contribution in [3.05, 3.63) is 22.4 Å². The molecule has 1 heterocycles.